The fraction of sp³-hybridized carbons (Fsp3) is 0.462. The van der Waals surface area contributed by atoms with Crippen LogP contribution in [0.2, 0.25) is 0 Å². The molecule has 0 heterocycles. The minimum atomic E-state index is -0.839. The van der Waals surface area contributed by atoms with Gasteiger partial charge in [0.25, 0.3) is 0 Å². The van der Waals surface area contributed by atoms with Crippen molar-refractivity contribution in [3.8, 4) is 0 Å². The van der Waals surface area contributed by atoms with Gasteiger partial charge in [0.15, 0.2) is 0 Å². The van der Waals surface area contributed by atoms with E-state index in [0.717, 1.165) is 16.7 Å². The van der Waals surface area contributed by atoms with Crippen molar-refractivity contribution < 1.29 is 9.90 Å². The Morgan fingerprint density at radius 3 is 2.13 bits per heavy atom. The van der Waals surface area contributed by atoms with Gasteiger partial charge >= 0.3 is 5.97 Å². The van der Waals surface area contributed by atoms with E-state index in [2.05, 4.69) is 13.8 Å². The quantitative estimate of drug-likeness (QED) is 0.804. The fourth-order valence-corrected chi connectivity index (χ4v) is 2.21. The molecule has 0 amide bonds. The van der Waals surface area contributed by atoms with Gasteiger partial charge in [0.05, 0.1) is 5.56 Å². The highest BCUT2D eigenvalue weighted by molar-refractivity contribution is 5.90. The Morgan fingerprint density at radius 1 is 1.20 bits per heavy atom. The van der Waals surface area contributed by atoms with Crippen LogP contribution in [0.3, 0.4) is 0 Å². The number of carbonyl (C=O) groups is 1. The van der Waals surface area contributed by atoms with E-state index in [0.29, 0.717) is 11.5 Å². The molecular formula is C13H18O2. The molecule has 0 bridgehead atoms. The summed E-state index contributed by atoms with van der Waals surface area (Å²) in [4.78, 5) is 11.0. The standard InChI is InChI=1S/C13H18O2/c1-7(2)12-8(3)6-11(13(14)15)9(4)10(12)5/h6-7H,1-5H3,(H,14,15). The molecule has 2 heteroatoms. The number of rotatable bonds is 2. The Hall–Kier alpha value is -1.31. The van der Waals surface area contributed by atoms with Crippen LogP contribution in [0.4, 0.5) is 0 Å². The molecule has 15 heavy (non-hydrogen) atoms. The van der Waals surface area contributed by atoms with Crippen molar-refractivity contribution >= 4 is 5.97 Å². The molecule has 0 spiro atoms. The van der Waals surface area contributed by atoms with E-state index < -0.39 is 5.97 Å². The van der Waals surface area contributed by atoms with Gasteiger partial charge in [0.1, 0.15) is 0 Å². The Bertz CT molecular complexity index is 403. The highest BCUT2D eigenvalue weighted by Crippen LogP contribution is 2.28. The van der Waals surface area contributed by atoms with E-state index in [1.807, 2.05) is 20.8 Å². The zero-order valence-corrected chi connectivity index (χ0v) is 10.0. The van der Waals surface area contributed by atoms with Gasteiger partial charge in [0, 0.05) is 0 Å². The largest absolute Gasteiger partial charge is 0.478 e. The van der Waals surface area contributed by atoms with Gasteiger partial charge in [-0.25, -0.2) is 4.79 Å². The van der Waals surface area contributed by atoms with Crippen molar-refractivity contribution in [2.24, 2.45) is 0 Å². The van der Waals surface area contributed by atoms with Gasteiger partial charge in [-0.2, -0.15) is 0 Å². The smallest absolute Gasteiger partial charge is 0.335 e. The van der Waals surface area contributed by atoms with E-state index in [-0.39, 0.29) is 0 Å². The van der Waals surface area contributed by atoms with Crippen molar-refractivity contribution in [3.05, 3.63) is 33.9 Å². The Balaban J connectivity index is 3.51. The van der Waals surface area contributed by atoms with Gasteiger partial charge in [-0.3, -0.25) is 0 Å². The molecule has 0 aromatic heterocycles. The van der Waals surface area contributed by atoms with Crippen LogP contribution in [0.15, 0.2) is 6.07 Å². The van der Waals surface area contributed by atoms with Gasteiger partial charge < -0.3 is 5.11 Å². The summed E-state index contributed by atoms with van der Waals surface area (Å²) in [6.07, 6.45) is 0. The number of carboxylic acid groups (broad SMARTS) is 1. The first-order chi connectivity index (χ1) is 6.86. The average molecular weight is 206 g/mol. The summed E-state index contributed by atoms with van der Waals surface area (Å²) >= 11 is 0. The molecule has 1 aromatic carbocycles. The van der Waals surface area contributed by atoms with Crippen LogP contribution in [0.25, 0.3) is 0 Å². The van der Waals surface area contributed by atoms with Crippen molar-refractivity contribution in [1.29, 1.82) is 0 Å². The topological polar surface area (TPSA) is 37.3 Å². The second-order valence-corrected chi connectivity index (χ2v) is 4.36. The number of hydrogen-bond acceptors (Lipinski definition) is 1. The summed E-state index contributed by atoms with van der Waals surface area (Å²) < 4.78 is 0. The first-order valence-electron chi connectivity index (χ1n) is 5.20. The molecule has 1 aromatic rings. The lowest BCUT2D eigenvalue weighted by molar-refractivity contribution is 0.0696. The summed E-state index contributed by atoms with van der Waals surface area (Å²) in [6, 6.07) is 1.78. The van der Waals surface area contributed by atoms with Crippen LogP contribution >= 0.6 is 0 Å². The van der Waals surface area contributed by atoms with Crippen LogP contribution in [0, 0.1) is 20.8 Å². The molecule has 2 nitrogen and oxygen atoms in total. The lowest BCUT2D eigenvalue weighted by Crippen LogP contribution is -2.07. The fourth-order valence-electron chi connectivity index (χ4n) is 2.21. The summed E-state index contributed by atoms with van der Waals surface area (Å²) in [5, 5.41) is 9.04. The van der Waals surface area contributed by atoms with Crippen molar-refractivity contribution in [2.75, 3.05) is 0 Å². The number of carboxylic acids is 1. The van der Waals surface area contributed by atoms with E-state index in [1.165, 1.54) is 5.56 Å². The van der Waals surface area contributed by atoms with E-state index >= 15 is 0 Å². The van der Waals surface area contributed by atoms with Gasteiger partial charge in [-0.1, -0.05) is 13.8 Å². The Kier molecular flexibility index (Phi) is 3.18. The first-order valence-corrected chi connectivity index (χ1v) is 5.20. The highest BCUT2D eigenvalue weighted by atomic mass is 16.4. The number of hydrogen-bond donors (Lipinski definition) is 1. The second kappa shape index (κ2) is 4.05. The number of aromatic carboxylic acids is 1. The lowest BCUT2D eigenvalue weighted by atomic mass is 9.88. The molecule has 1 rings (SSSR count). The molecule has 82 valence electrons. The van der Waals surface area contributed by atoms with Gasteiger partial charge in [-0.15, -0.1) is 0 Å². The molecule has 0 unspecified atom stereocenters. The van der Waals surface area contributed by atoms with E-state index in [4.69, 9.17) is 5.11 Å². The summed E-state index contributed by atoms with van der Waals surface area (Å²) in [6.45, 7) is 10.1. The van der Waals surface area contributed by atoms with Crippen LogP contribution < -0.4 is 0 Å². The summed E-state index contributed by atoms with van der Waals surface area (Å²) in [7, 11) is 0. The van der Waals surface area contributed by atoms with E-state index in [1.54, 1.807) is 6.07 Å². The zero-order valence-electron chi connectivity index (χ0n) is 10.0. The molecule has 0 saturated carbocycles. The molecule has 0 atom stereocenters. The Labute approximate surface area is 90.9 Å². The maximum atomic E-state index is 11.0. The second-order valence-electron chi connectivity index (χ2n) is 4.36. The van der Waals surface area contributed by atoms with Crippen molar-refractivity contribution in [2.45, 2.75) is 40.5 Å². The third-order valence-corrected chi connectivity index (χ3v) is 2.96. The third kappa shape index (κ3) is 2.04. The molecule has 0 aliphatic heterocycles. The molecular weight excluding hydrogens is 188 g/mol. The SMILES string of the molecule is Cc1cc(C(=O)O)c(C)c(C)c1C(C)C. The summed E-state index contributed by atoms with van der Waals surface area (Å²) in [5.41, 5.74) is 4.77. The minimum Gasteiger partial charge on any atom is -0.478 e. The van der Waals surface area contributed by atoms with Gasteiger partial charge in [-0.05, 0) is 55.0 Å². The molecule has 0 aliphatic rings. The first kappa shape index (κ1) is 11.8. The van der Waals surface area contributed by atoms with Crippen LogP contribution in [0.1, 0.15) is 52.4 Å². The predicted octanol–water partition coefficient (Wildman–Crippen LogP) is 3.43. The van der Waals surface area contributed by atoms with E-state index in [9.17, 15) is 4.79 Å². The third-order valence-electron chi connectivity index (χ3n) is 2.96. The number of benzene rings is 1. The average Bonchev–Trinajstić information content (AvgIpc) is 2.10. The minimum absolute atomic E-state index is 0.425. The van der Waals surface area contributed by atoms with Crippen molar-refractivity contribution in [1.82, 2.24) is 0 Å². The summed E-state index contributed by atoms with van der Waals surface area (Å²) in [5.74, 6) is -0.402. The van der Waals surface area contributed by atoms with Crippen LogP contribution in [-0.2, 0) is 0 Å². The van der Waals surface area contributed by atoms with Crippen LogP contribution in [-0.4, -0.2) is 11.1 Å². The van der Waals surface area contributed by atoms with Gasteiger partial charge in [0.2, 0.25) is 0 Å². The lowest BCUT2D eigenvalue weighted by Gasteiger charge is -2.17. The maximum absolute atomic E-state index is 11.0. The number of aryl methyl sites for hydroxylation is 1. The normalized spacial score (nSPS) is 10.8. The highest BCUT2D eigenvalue weighted by Gasteiger charge is 2.15. The Morgan fingerprint density at radius 2 is 1.73 bits per heavy atom. The molecule has 0 saturated heterocycles. The van der Waals surface area contributed by atoms with Crippen molar-refractivity contribution in [3.63, 3.8) is 0 Å². The zero-order chi connectivity index (χ0) is 11.7. The maximum Gasteiger partial charge on any atom is 0.335 e. The predicted molar refractivity (Wildman–Crippen MR) is 61.7 cm³/mol. The molecule has 0 radical (unpaired) electrons. The van der Waals surface area contributed by atoms with Crippen LogP contribution in [0.5, 0.6) is 0 Å². The molecule has 0 fully saturated rings. The molecule has 1 N–H and O–H groups in total. The molecule has 0 aliphatic carbocycles. The monoisotopic (exact) mass is 206 g/mol.